The molecule has 0 heterocycles. The monoisotopic (exact) mass is 408 g/mol. The van der Waals surface area contributed by atoms with Gasteiger partial charge in [0.25, 0.3) is 0 Å². The van der Waals surface area contributed by atoms with E-state index in [2.05, 4.69) is 0 Å². The van der Waals surface area contributed by atoms with Crippen molar-refractivity contribution in [3.05, 3.63) is 41.0 Å². The Labute approximate surface area is 171 Å². The predicted molar refractivity (Wildman–Crippen MR) is 115 cm³/mol. The highest BCUT2D eigenvalue weighted by Gasteiger charge is 2.31. The molecule has 1 aromatic rings. The molecule has 3 nitrogen and oxygen atoms in total. The maximum atomic E-state index is 12.3. The van der Waals surface area contributed by atoms with Crippen LogP contribution in [-0.2, 0) is 4.79 Å². The highest BCUT2D eigenvalue weighted by Crippen LogP contribution is 2.30. The van der Waals surface area contributed by atoms with Crippen molar-refractivity contribution < 1.29 is 14.7 Å². The molecule has 1 aliphatic carbocycles. The van der Waals surface area contributed by atoms with Crippen LogP contribution in [0.5, 0.6) is 0 Å². The number of aliphatic hydroxyl groups is 1. The number of thioether (sulfide) groups is 1. The van der Waals surface area contributed by atoms with Crippen LogP contribution in [0.3, 0.4) is 0 Å². The number of ketones is 2. The van der Waals surface area contributed by atoms with Crippen LogP contribution in [0, 0.1) is 0 Å². The molecule has 0 aliphatic heterocycles. The normalized spacial score (nSPS) is 14.0. The van der Waals surface area contributed by atoms with Gasteiger partial charge in [0.05, 0.1) is 0 Å². The number of carbonyl (C=O) groups excluding carboxylic acids is 2. The first-order valence-corrected chi connectivity index (χ1v) is 11.6. The van der Waals surface area contributed by atoms with Crippen molar-refractivity contribution in [2.24, 2.45) is 0 Å². The van der Waals surface area contributed by atoms with Gasteiger partial charge in [0, 0.05) is 28.3 Å². The van der Waals surface area contributed by atoms with E-state index in [9.17, 15) is 14.7 Å². The van der Waals surface area contributed by atoms with Gasteiger partial charge in [-0.15, -0.1) is 11.6 Å². The second-order valence-electron chi connectivity index (χ2n) is 6.91. The van der Waals surface area contributed by atoms with E-state index in [1.54, 1.807) is 24.3 Å². The summed E-state index contributed by atoms with van der Waals surface area (Å²) in [6, 6.07) is 6.77. The van der Waals surface area contributed by atoms with E-state index >= 15 is 0 Å². The minimum atomic E-state index is -0.543. The van der Waals surface area contributed by atoms with Gasteiger partial charge in [-0.3, -0.25) is 9.59 Å². The van der Waals surface area contributed by atoms with E-state index in [1.165, 1.54) is 37.9 Å². The summed E-state index contributed by atoms with van der Waals surface area (Å²) in [6.45, 7) is 0. The second kappa shape index (κ2) is 12.2. The van der Waals surface area contributed by atoms with E-state index in [0.717, 1.165) is 30.9 Å². The molecule has 1 aromatic carbocycles. The number of allylic oxidation sites excluding steroid dienone is 1. The number of aliphatic hydroxyl groups excluding tert-OH is 1. The molecule has 0 fully saturated rings. The summed E-state index contributed by atoms with van der Waals surface area (Å²) in [5.41, 5.74) is 1.08. The Balaban J connectivity index is 1.63. The summed E-state index contributed by atoms with van der Waals surface area (Å²) in [7, 11) is 0. The molecule has 0 radical (unpaired) electrons. The highest BCUT2D eigenvalue weighted by molar-refractivity contribution is 7.99. The quantitative estimate of drug-likeness (QED) is 0.239. The van der Waals surface area contributed by atoms with E-state index in [-0.39, 0.29) is 11.3 Å². The first-order valence-electron chi connectivity index (χ1n) is 9.91. The topological polar surface area (TPSA) is 54.4 Å². The summed E-state index contributed by atoms with van der Waals surface area (Å²) < 4.78 is 0. The predicted octanol–water partition coefficient (Wildman–Crippen LogP) is 6.20. The zero-order chi connectivity index (χ0) is 19.5. The third kappa shape index (κ3) is 6.69. The van der Waals surface area contributed by atoms with Crippen molar-refractivity contribution in [2.45, 2.75) is 57.8 Å². The maximum absolute atomic E-state index is 12.3. The summed E-state index contributed by atoms with van der Waals surface area (Å²) >= 11 is 7.58. The van der Waals surface area contributed by atoms with Gasteiger partial charge in [-0.1, -0.05) is 62.8 Å². The molecule has 1 aliphatic rings. The Morgan fingerprint density at radius 2 is 1.37 bits per heavy atom. The Morgan fingerprint density at radius 3 is 2.04 bits per heavy atom. The van der Waals surface area contributed by atoms with Crippen LogP contribution in [0.25, 0.3) is 5.76 Å². The van der Waals surface area contributed by atoms with Crippen molar-refractivity contribution in [2.75, 3.05) is 17.4 Å². The zero-order valence-electron chi connectivity index (χ0n) is 15.8. The van der Waals surface area contributed by atoms with Crippen LogP contribution in [0.4, 0.5) is 0 Å². The first-order chi connectivity index (χ1) is 13.2. The Hall–Kier alpha value is -1.26. The number of benzene rings is 1. The number of alkyl halides is 1. The molecule has 0 aromatic heterocycles. The fourth-order valence-corrected chi connectivity index (χ4v) is 4.42. The summed E-state index contributed by atoms with van der Waals surface area (Å²) in [6.07, 6.45) is 9.74. The second-order valence-corrected chi connectivity index (χ2v) is 8.51. The van der Waals surface area contributed by atoms with Crippen LogP contribution in [-0.4, -0.2) is 34.1 Å². The average molecular weight is 409 g/mol. The number of halogens is 1. The zero-order valence-corrected chi connectivity index (χ0v) is 17.4. The standard InChI is InChI=1S/C22H29ClO3S/c23-14-16-27-15-10-6-4-2-1-3-5-7-13-19-20(24)17-11-8-9-12-18(17)21(25)22(19)26/h8-9,11-12,24H,1-7,10,13-16H2. The molecule has 0 amide bonds. The third-order valence-corrected chi connectivity index (χ3v) is 6.36. The minimum absolute atomic E-state index is 0.0118. The fourth-order valence-electron chi connectivity index (χ4n) is 3.37. The number of unbranched alkanes of at least 4 members (excludes halogenated alkanes) is 7. The molecular formula is C22H29ClO3S. The molecule has 0 unspecified atom stereocenters. The van der Waals surface area contributed by atoms with E-state index in [1.807, 2.05) is 11.8 Å². The van der Waals surface area contributed by atoms with Gasteiger partial charge >= 0.3 is 0 Å². The van der Waals surface area contributed by atoms with Crippen LogP contribution >= 0.6 is 23.4 Å². The van der Waals surface area contributed by atoms with E-state index < -0.39 is 11.6 Å². The van der Waals surface area contributed by atoms with Gasteiger partial charge in [0.1, 0.15) is 5.76 Å². The summed E-state index contributed by atoms with van der Waals surface area (Å²) in [4.78, 5) is 24.4. The lowest BCUT2D eigenvalue weighted by atomic mass is 9.86. The van der Waals surface area contributed by atoms with Gasteiger partial charge in [-0.05, 0) is 25.0 Å². The highest BCUT2D eigenvalue weighted by atomic mass is 35.5. The van der Waals surface area contributed by atoms with Gasteiger partial charge in [0.2, 0.25) is 11.6 Å². The minimum Gasteiger partial charge on any atom is -0.507 e. The lowest BCUT2D eigenvalue weighted by Crippen LogP contribution is -2.24. The molecule has 1 N–H and O–H groups in total. The maximum Gasteiger partial charge on any atom is 0.234 e. The third-order valence-electron chi connectivity index (χ3n) is 4.88. The molecule has 27 heavy (non-hydrogen) atoms. The molecule has 0 bridgehead atoms. The van der Waals surface area contributed by atoms with Crippen molar-refractivity contribution in [1.29, 1.82) is 0 Å². The first kappa shape index (κ1) is 22.0. The Kier molecular flexibility index (Phi) is 10.00. The number of fused-ring (bicyclic) bond motifs is 1. The molecule has 2 rings (SSSR count). The number of rotatable bonds is 13. The number of carbonyl (C=O) groups is 2. The molecule has 0 saturated heterocycles. The molecule has 0 spiro atoms. The largest absolute Gasteiger partial charge is 0.507 e. The number of hydrogen-bond acceptors (Lipinski definition) is 4. The van der Waals surface area contributed by atoms with Crippen molar-refractivity contribution in [1.82, 2.24) is 0 Å². The lowest BCUT2D eigenvalue weighted by Gasteiger charge is -2.17. The van der Waals surface area contributed by atoms with Crippen LogP contribution in [0.1, 0.15) is 73.7 Å². The van der Waals surface area contributed by atoms with Crippen LogP contribution < -0.4 is 0 Å². The fraction of sp³-hybridized carbons (Fsp3) is 0.545. The lowest BCUT2D eigenvalue weighted by molar-refractivity contribution is -0.112. The molecule has 5 heteroatoms. The average Bonchev–Trinajstić information content (AvgIpc) is 2.69. The van der Waals surface area contributed by atoms with Crippen molar-refractivity contribution in [3.63, 3.8) is 0 Å². The van der Waals surface area contributed by atoms with Gasteiger partial charge in [0.15, 0.2) is 0 Å². The van der Waals surface area contributed by atoms with Crippen molar-refractivity contribution in [3.8, 4) is 0 Å². The summed E-state index contributed by atoms with van der Waals surface area (Å²) in [5, 5.41) is 10.4. The SMILES string of the molecule is O=C1C(=O)c2ccccc2C(O)=C1CCCCCCCCCCSCCCl. The van der Waals surface area contributed by atoms with Crippen LogP contribution in [0.15, 0.2) is 29.8 Å². The van der Waals surface area contributed by atoms with Gasteiger partial charge in [-0.25, -0.2) is 0 Å². The van der Waals surface area contributed by atoms with E-state index in [4.69, 9.17) is 11.6 Å². The van der Waals surface area contributed by atoms with Crippen LogP contribution in [0.2, 0.25) is 0 Å². The molecule has 0 atom stereocenters. The van der Waals surface area contributed by atoms with Gasteiger partial charge < -0.3 is 5.11 Å². The number of Topliss-reactive ketones (excluding diaryl/α,β-unsaturated/α-hetero) is 2. The molecular weight excluding hydrogens is 380 g/mol. The number of hydrogen-bond donors (Lipinski definition) is 1. The Morgan fingerprint density at radius 1 is 0.778 bits per heavy atom. The molecule has 0 saturated carbocycles. The van der Waals surface area contributed by atoms with Gasteiger partial charge in [-0.2, -0.15) is 11.8 Å². The summed E-state index contributed by atoms with van der Waals surface area (Å²) in [5.74, 6) is 1.95. The Bertz CT molecular complexity index is 669. The molecule has 148 valence electrons. The van der Waals surface area contributed by atoms with E-state index in [0.29, 0.717) is 17.5 Å². The smallest absolute Gasteiger partial charge is 0.234 e. The van der Waals surface area contributed by atoms with Crippen molar-refractivity contribution >= 4 is 40.7 Å².